The fourth-order valence-electron chi connectivity index (χ4n) is 2.56. The molecule has 5 nitrogen and oxygen atoms in total. The molecule has 0 saturated carbocycles. The highest BCUT2D eigenvalue weighted by Crippen LogP contribution is 2.32. The summed E-state index contributed by atoms with van der Waals surface area (Å²) in [6.07, 6.45) is 1.57. The van der Waals surface area contributed by atoms with E-state index in [1.807, 2.05) is 40.7 Å². The molecule has 1 aromatic carbocycles. The highest BCUT2D eigenvalue weighted by Gasteiger charge is 2.23. The third kappa shape index (κ3) is 4.06. The molecule has 1 aromatic heterocycles. The van der Waals surface area contributed by atoms with Crippen molar-refractivity contribution < 1.29 is 13.2 Å². The zero-order valence-electron chi connectivity index (χ0n) is 14.8. The molecule has 0 fully saturated rings. The van der Waals surface area contributed by atoms with Gasteiger partial charge in [0, 0.05) is 6.20 Å². The first-order chi connectivity index (χ1) is 11.2. The summed E-state index contributed by atoms with van der Waals surface area (Å²) in [5.41, 5.74) is 2.93. The standard InChI is InChI=1S/C18H24N2O3S/c1-6-23-16-10-14(5)15(12(2)3)11-17(16)24(21,22)20-18-9-13(4)7-8-19-18/h7-12H,6H2,1-5H3,(H,19,20). The van der Waals surface area contributed by atoms with E-state index in [9.17, 15) is 8.42 Å². The van der Waals surface area contributed by atoms with Gasteiger partial charge in [0.2, 0.25) is 0 Å². The van der Waals surface area contributed by atoms with E-state index < -0.39 is 10.0 Å². The van der Waals surface area contributed by atoms with E-state index in [4.69, 9.17) is 4.74 Å². The van der Waals surface area contributed by atoms with Crippen molar-refractivity contribution in [3.63, 3.8) is 0 Å². The molecule has 0 saturated heterocycles. The van der Waals surface area contributed by atoms with Gasteiger partial charge >= 0.3 is 0 Å². The van der Waals surface area contributed by atoms with Gasteiger partial charge in [-0.2, -0.15) is 0 Å². The van der Waals surface area contributed by atoms with Gasteiger partial charge in [-0.25, -0.2) is 13.4 Å². The Kier molecular flexibility index (Phi) is 5.49. The molecular weight excluding hydrogens is 324 g/mol. The molecule has 0 aliphatic carbocycles. The largest absolute Gasteiger partial charge is 0.492 e. The van der Waals surface area contributed by atoms with Gasteiger partial charge in [-0.05, 0) is 67.6 Å². The predicted molar refractivity (Wildman–Crippen MR) is 96.2 cm³/mol. The number of rotatable bonds is 6. The number of pyridine rings is 1. The maximum absolute atomic E-state index is 12.9. The van der Waals surface area contributed by atoms with Crippen LogP contribution in [-0.2, 0) is 10.0 Å². The Balaban J connectivity index is 2.53. The average molecular weight is 348 g/mol. The summed E-state index contributed by atoms with van der Waals surface area (Å²) in [5.74, 6) is 0.871. The smallest absolute Gasteiger partial charge is 0.266 e. The van der Waals surface area contributed by atoms with Crippen LogP contribution in [0.4, 0.5) is 5.82 Å². The second-order valence-electron chi connectivity index (χ2n) is 6.07. The number of hydrogen-bond acceptors (Lipinski definition) is 4. The SMILES string of the molecule is CCOc1cc(C)c(C(C)C)cc1S(=O)(=O)Nc1cc(C)ccn1. The van der Waals surface area contributed by atoms with Crippen LogP contribution in [0.5, 0.6) is 5.75 Å². The zero-order chi connectivity index (χ0) is 17.9. The summed E-state index contributed by atoms with van der Waals surface area (Å²) in [5, 5.41) is 0. The van der Waals surface area contributed by atoms with Crippen LogP contribution in [0.3, 0.4) is 0 Å². The number of hydrogen-bond donors (Lipinski definition) is 1. The number of ether oxygens (including phenoxy) is 1. The highest BCUT2D eigenvalue weighted by atomic mass is 32.2. The maximum Gasteiger partial charge on any atom is 0.266 e. The van der Waals surface area contributed by atoms with Gasteiger partial charge in [-0.1, -0.05) is 13.8 Å². The number of anilines is 1. The molecule has 24 heavy (non-hydrogen) atoms. The van der Waals surface area contributed by atoms with E-state index >= 15 is 0 Å². The van der Waals surface area contributed by atoms with Gasteiger partial charge in [-0.3, -0.25) is 4.72 Å². The molecule has 2 rings (SSSR count). The van der Waals surface area contributed by atoms with Crippen LogP contribution in [0.25, 0.3) is 0 Å². The molecular formula is C18H24N2O3S. The summed E-state index contributed by atoms with van der Waals surface area (Å²) in [4.78, 5) is 4.21. The molecule has 0 aliphatic heterocycles. The number of sulfonamides is 1. The normalized spacial score (nSPS) is 11.6. The van der Waals surface area contributed by atoms with Crippen LogP contribution in [-0.4, -0.2) is 20.0 Å². The molecule has 2 aromatic rings. The maximum atomic E-state index is 12.9. The van der Waals surface area contributed by atoms with Crippen LogP contribution in [0.2, 0.25) is 0 Å². The monoisotopic (exact) mass is 348 g/mol. The van der Waals surface area contributed by atoms with Gasteiger partial charge in [0.15, 0.2) is 0 Å². The molecule has 1 heterocycles. The Morgan fingerprint density at radius 2 is 1.92 bits per heavy atom. The van der Waals surface area contributed by atoms with Crippen molar-refractivity contribution in [1.29, 1.82) is 0 Å². The average Bonchev–Trinajstić information content (AvgIpc) is 2.46. The highest BCUT2D eigenvalue weighted by molar-refractivity contribution is 7.92. The number of aromatic nitrogens is 1. The fraction of sp³-hybridized carbons (Fsp3) is 0.389. The van der Waals surface area contributed by atoms with Crippen LogP contribution in [0, 0.1) is 13.8 Å². The van der Waals surface area contributed by atoms with E-state index in [-0.39, 0.29) is 10.8 Å². The molecule has 6 heteroatoms. The summed E-state index contributed by atoms with van der Waals surface area (Å²) >= 11 is 0. The molecule has 0 aliphatic rings. The lowest BCUT2D eigenvalue weighted by Crippen LogP contribution is -2.16. The number of benzene rings is 1. The Labute approximate surface area is 144 Å². The van der Waals surface area contributed by atoms with Gasteiger partial charge in [0.05, 0.1) is 6.61 Å². The van der Waals surface area contributed by atoms with Crippen molar-refractivity contribution in [3.8, 4) is 5.75 Å². The second-order valence-corrected chi connectivity index (χ2v) is 7.72. The zero-order valence-corrected chi connectivity index (χ0v) is 15.6. The molecule has 0 spiro atoms. The Morgan fingerprint density at radius 1 is 1.21 bits per heavy atom. The van der Waals surface area contributed by atoms with E-state index in [1.165, 1.54) is 0 Å². The van der Waals surface area contributed by atoms with Crippen molar-refractivity contribution in [3.05, 3.63) is 47.2 Å². The molecule has 0 bridgehead atoms. The van der Waals surface area contributed by atoms with Crippen LogP contribution < -0.4 is 9.46 Å². The Morgan fingerprint density at radius 3 is 2.50 bits per heavy atom. The number of aryl methyl sites for hydroxylation is 2. The van der Waals surface area contributed by atoms with Gasteiger partial charge in [-0.15, -0.1) is 0 Å². The first-order valence-corrected chi connectivity index (χ1v) is 9.45. The lowest BCUT2D eigenvalue weighted by Gasteiger charge is -2.17. The topological polar surface area (TPSA) is 68.3 Å². The predicted octanol–water partition coefficient (Wildman–Crippen LogP) is 4.02. The molecule has 0 unspecified atom stereocenters. The van der Waals surface area contributed by atoms with Crippen molar-refractivity contribution >= 4 is 15.8 Å². The quantitative estimate of drug-likeness (QED) is 0.856. The first kappa shape index (κ1) is 18.3. The summed E-state index contributed by atoms with van der Waals surface area (Å²) in [6, 6.07) is 6.99. The minimum Gasteiger partial charge on any atom is -0.492 e. The second kappa shape index (κ2) is 7.21. The third-order valence-electron chi connectivity index (χ3n) is 3.70. The fourth-order valence-corrected chi connectivity index (χ4v) is 3.72. The van der Waals surface area contributed by atoms with E-state index in [1.54, 1.807) is 24.4 Å². The Hall–Kier alpha value is -2.08. The van der Waals surface area contributed by atoms with Crippen LogP contribution in [0.1, 0.15) is 43.4 Å². The molecule has 0 radical (unpaired) electrons. The summed E-state index contributed by atoms with van der Waals surface area (Å²) < 4.78 is 33.8. The minimum absolute atomic E-state index is 0.141. The van der Waals surface area contributed by atoms with Gasteiger partial charge in [0.25, 0.3) is 10.0 Å². The molecule has 0 amide bonds. The Bertz CT molecular complexity index is 830. The number of nitrogens with one attached hydrogen (secondary N) is 1. The van der Waals surface area contributed by atoms with Crippen molar-refractivity contribution in [2.45, 2.75) is 45.4 Å². The van der Waals surface area contributed by atoms with E-state index in [0.717, 1.165) is 16.7 Å². The van der Waals surface area contributed by atoms with E-state index in [0.29, 0.717) is 18.2 Å². The number of nitrogens with zero attached hydrogens (tertiary/aromatic N) is 1. The van der Waals surface area contributed by atoms with Gasteiger partial charge in [0.1, 0.15) is 16.5 Å². The van der Waals surface area contributed by atoms with Crippen molar-refractivity contribution in [2.75, 3.05) is 11.3 Å². The first-order valence-electron chi connectivity index (χ1n) is 7.97. The molecule has 0 atom stereocenters. The molecule has 1 N–H and O–H groups in total. The lowest BCUT2D eigenvalue weighted by molar-refractivity contribution is 0.330. The van der Waals surface area contributed by atoms with Crippen LogP contribution in [0.15, 0.2) is 35.4 Å². The van der Waals surface area contributed by atoms with Crippen molar-refractivity contribution in [1.82, 2.24) is 4.98 Å². The van der Waals surface area contributed by atoms with E-state index in [2.05, 4.69) is 9.71 Å². The lowest BCUT2D eigenvalue weighted by atomic mass is 9.98. The van der Waals surface area contributed by atoms with Crippen LogP contribution >= 0.6 is 0 Å². The third-order valence-corrected chi connectivity index (χ3v) is 5.07. The van der Waals surface area contributed by atoms with Crippen molar-refractivity contribution in [2.24, 2.45) is 0 Å². The summed E-state index contributed by atoms with van der Waals surface area (Å²) in [6.45, 7) is 10.1. The van der Waals surface area contributed by atoms with Gasteiger partial charge < -0.3 is 4.74 Å². The molecule has 130 valence electrons. The summed E-state index contributed by atoms with van der Waals surface area (Å²) in [7, 11) is -3.79. The minimum atomic E-state index is -3.79.